The molecule has 0 bridgehead atoms. The van der Waals surface area contributed by atoms with Crippen molar-refractivity contribution in [3.63, 3.8) is 0 Å². The number of phenolic OH excluding ortho intramolecular Hbond substituents is 1. The summed E-state index contributed by atoms with van der Waals surface area (Å²) in [5, 5.41) is 11.2. The van der Waals surface area contributed by atoms with Gasteiger partial charge in [-0.15, -0.1) is 0 Å². The van der Waals surface area contributed by atoms with E-state index in [9.17, 15) is 14.7 Å². The number of pyridine rings is 1. The van der Waals surface area contributed by atoms with Crippen molar-refractivity contribution in [1.29, 1.82) is 0 Å². The Kier molecular flexibility index (Phi) is 3.88. The second-order valence-corrected chi connectivity index (χ2v) is 4.81. The first kappa shape index (κ1) is 14.5. The van der Waals surface area contributed by atoms with Crippen molar-refractivity contribution in [2.24, 2.45) is 0 Å². The number of hydrogen-bond donors (Lipinski definition) is 3. The lowest BCUT2D eigenvalue weighted by Crippen LogP contribution is -2.42. The number of fused-ring (bicyclic) bond motifs is 1. The van der Waals surface area contributed by atoms with E-state index in [0.29, 0.717) is 5.39 Å². The van der Waals surface area contributed by atoms with E-state index in [1.54, 1.807) is 30.3 Å². The zero-order valence-corrected chi connectivity index (χ0v) is 12.0. The Bertz CT molecular complexity index is 888. The standard InChI is InChI=1S/C17H13N3O3/c21-14-8-4-3-7-13(14)16(22)19-20-17(23)15-12-6-2-1-5-11(12)9-10-18-15/h1-10,21H,(H,19,22)(H,20,23). The van der Waals surface area contributed by atoms with Crippen LogP contribution in [0.3, 0.4) is 0 Å². The summed E-state index contributed by atoms with van der Waals surface area (Å²) in [4.78, 5) is 28.2. The molecule has 0 radical (unpaired) electrons. The van der Waals surface area contributed by atoms with Crippen LogP contribution in [0.4, 0.5) is 0 Å². The second-order valence-electron chi connectivity index (χ2n) is 4.81. The number of nitrogens with one attached hydrogen (secondary N) is 2. The van der Waals surface area contributed by atoms with Crippen molar-refractivity contribution in [2.45, 2.75) is 0 Å². The first-order chi connectivity index (χ1) is 11.2. The summed E-state index contributed by atoms with van der Waals surface area (Å²) in [5.74, 6) is -1.32. The van der Waals surface area contributed by atoms with E-state index in [-0.39, 0.29) is 17.0 Å². The van der Waals surface area contributed by atoms with Gasteiger partial charge in [0.1, 0.15) is 11.4 Å². The molecule has 2 amide bonds. The number of nitrogens with zero attached hydrogens (tertiary/aromatic N) is 1. The van der Waals surface area contributed by atoms with E-state index in [4.69, 9.17) is 0 Å². The maximum absolute atomic E-state index is 12.2. The number of aromatic nitrogens is 1. The zero-order chi connectivity index (χ0) is 16.2. The normalized spacial score (nSPS) is 10.3. The van der Waals surface area contributed by atoms with Crippen LogP contribution >= 0.6 is 0 Å². The van der Waals surface area contributed by atoms with E-state index < -0.39 is 11.8 Å². The second kappa shape index (κ2) is 6.15. The van der Waals surface area contributed by atoms with Gasteiger partial charge in [0.05, 0.1) is 5.56 Å². The first-order valence-electron chi connectivity index (χ1n) is 6.89. The van der Waals surface area contributed by atoms with Gasteiger partial charge in [0.25, 0.3) is 11.8 Å². The zero-order valence-electron chi connectivity index (χ0n) is 12.0. The molecule has 0 aliphatic carbocycles. The van der Waals surface area contributed by atoms with Gasteiger partial charge in [-0.3, -0.25) is 25.4 Å². The molecule has 3 aromatic rings. The third-order valence-electron chi connectivity index (χ3n) is 3.33. The third kappa shape index (κ3) is 2.96. The molecule has 3 rings (SSSR count). The summed E-state index contributed by atoms with van der Waals surface area (Å²) >= 11 is 0. The van der Waals surface area contributed by atoms with Gasteiger partial charge in [0.2, 0.25) is 0 Å². The minimum atomic E-state index is -0.614. The summed E-state index contributed by atoms with van der Waals surface area (Å²) in [7, 11) is 0. The van der Waals surface area contributed by atoms with Crippen LogP contribution in [0.5, 0.6) is 5.75 Å². The van der Waals surface area contributed by atoms with Crippen molar-refractivity contribution in [2.75, 3.05) is 0 Å². The summed E-state index contributed by atoms with van der Waals surface area (Å²) in [6.45, 7) is 0. The van der Waals surface area contributed by atoms with Crippen LogP contribution in [0.25, 0.3) is 10.8 Å². The largest absolute Gasteiger partial charge is 0.507 e. The molecule has 2 aromatic carbocycles. The van der Waals surface area contributed by atoms with Crippen molar-refractivity contribution >= 4 is 22.6 Å². The highest BCUT2D eigenvalue weighted by molar-refractivity contribution is 6.06. The summed E-state index contributed by atoms with van der Waals surface area (Å²) in [6, 6.07) is 15.2. The predicted molar refractivity (Wildman–Crippen MR) is 84.8 cm³/mol. The first-order valence-corrected chi connectivity index (χ1v) is 6.89. The SMILES string of the molecule is O=C(NNC(=O)c1nccc2ccccc12)c1ccccc1O. The minimum Gasteiger partial charge on any atom is -0.507 e. The van der Waals surface area contributed by atoms with E-state index in [1.165, 1.54) is 18.3 Å². The number of para-hydroxylation sites is 1. The maximum Gasteiger partial charge on any atom is 0.288 e. The number of amides is 2. The Morgan fingerprint density at radius 1 is 0.870 bits per heavy atom. The Labute approximate surface area is 131 Å². The highest BCUT2D eigenvalue weighted by Crippen LogP contribution is 2.16. The molecule has 3 N–H and O–H groups in total. The van der Waals surface area contributed by atoms with Gasteiger partial charge < -0.3 is 5.11 Å². The Hall–Kier alpha value is -3.41. The van der Waals surface area contributed by atoms with Crippen LogP contribution < -0.4 is 10.9 Å². The Morgan fingerprint density at radius 3 is 2.39 bits per heavy atom. The van der Waals surface area contributed by atoms with Crippen LogP contribution in [-0.4, -0.2) is 21.9 Å². The molecule has 0 fully saturated rings. The highest BCUT2D eigenvalue weighted by atomic mass is 16.3. The van der Waals surface area contributed by atoms with Crippen LogP contribution in [0.2, 0.25) is 0 Å². The topological polar surface area (TPSA) is 91.3 Å². The number of aromatic hydroxyl groups is 1. The van der Waals surface area contributed by atoms with Crippen molar-refractivity contribution in [3.8, 4) is 5.75 Å². The molecule has 114 valence electrons. The third-order valence-corrected chi connectivity index (χ3v) is 3.33. The fourth-order valence-corrected chi connectivity index (χ4v) is 2.21. The lowest BCUT2D eigenvalue weighted by atomic mass is 10.1. The van der Waals surface area contributed by atoms with E-state index >= 15 is 0 Å². The molecular formula is C17H13N3O3. The fourth-order valence-electron chi connectivity index (χ4n) is 2.21. The molecule has 1 aromatic heterocycles. The van der Waals surface area contributed by atoms with Crippen molar-refractivity contribution in [1.82, 2.24) is 15.8 Å². The average Bonchev–Trinajstić information content (AvgIpc) is 2.59. The lowest BCUT2D eigenvalue weighted by Gasteiger charge is -2.09. The smallest absolute Gasteiger partial charge is 0.288 e. The quantitative estimate of drug-likeness (QED) is 0.632. The highest BCUT2D eigenvalue weighted by Gasteiger charge is 2.14. The molecule has 0 atom stereocenters. The van der Waals surface area contributed by atoms with Crippen LogP contribution in [0.1, 0.15) is 20.8 Å². The van der Waals surface area contributed by atoms with Gasteiger partial charge in [-0.25, -0.2) is 0 Å². The maximum atomic E-state index is 12.2. The lowest BCUT2D eigenvalue weighted by molar-refractivity contribution is 0.0843. The molecule has 0 aliphatic rings. The van der Waals surface area contributed by atoms with Gasteiger partial charge in [-0.2, -0.15) is 0 Å². The predicted octanol–water partition coefficient (Wildman–Crippen LogP) is 2.02. The van der Waals surface area contributed by atoms with E-state index in [0.717, 1.165) is 5.39 Å². The van der Waals surface area contributed by atoms with Crippen molar-refractivity contribution in [3.05, 3.63) is 72.1 Å². The van der Waals surface area contributed by atoms with Gasteiger partial charge in [0.15, 0.2) is 0 Å². The molecule has 6 nitrogen and oxygen atoms in total. The number of phenols is 1. The number of benzene rings is 2. The fraction of sp³-hybridized carbons (Fsp3) is 0. The Balaban J connectivity index is 1.77. The average molecular weight is 307 g/mol. The van der Waals surface area contributed by atoms with Gasteiger partial charge in [-0.1, -0.05) is 36.4 Å². The molecule has 0 saturated carbocycles. The molecule has 0 unspecified atom stereocenters. The minimum absolute atomic E-state index is 0.0682. The summed E-state index contributed by atoms with van der Waals surface area (Å²) < 4.78 is 0. The molecule has 0 spiro atoms. The number of rotatable bonds is 2. The molecule has 1 heterocycles. The van der Waals surface area contributed by atoms with Crippen LogP contribution in [0, 0.1) is 0 Å². The number of hydrazine groups is 1. The molecule has 0 aliphatic heterocycles. The summed E-state index contributed by atoms with van der Waals surface area (Å²) in [5.41, 5.74) is 4.85. The number of carbonyl (C=O) groups is 2. The van der Waals surface area contributed by atoms with Gasteiger partial charge in [0, 0.05) is 11.6 Å². The molecular weight excluding hydrogens is 294 g/mol. The van der Waals surface area contributed by atoms with E-state index in [1.807, 2.05) is 12.1 Å². The summed E-state index contributed by atoms with van der Waals surface area (Å²) in [6.07, 6.45) is 1.53. The molecule has 23 heavy (non-hydrogen) atoms. The van der Waals surface area contributed by atoms with Crippen molar-refractivity contribution < 1.29 is 14.7 Å². The molecule has 0 saturated heterocycles. The van der Waals surface area contributed by atoms with Gasteiger partial charge >= 0.3 is 0 Å². The van der Waals surface area contributed by atoms with E-state index in [2.05, 4.69) is 15.8 Å². The Morgan fingerprint density at radius 2 is 1.57 bits per heavy atom. The van der Waals surface area contributed by atoms with Crippen LogP contribution in [0.15, 0.2) is 60.8 Å². The van der Waals surface area contributed by atoms with Crippen LogP contribution in [-0.2, 0) is 0 Å². The number of carbonyl (C=O) groups excluding carboxylic acids is 2. The number of hydrogen-bond acceptors (Lipinski definition) is 4. The van der Waals surface area contributed by atoms with Gasteiger partial charge in [-0.05, 0) is 23.6 Å². The monoisotopic (exact) mass is 307 g/mol. The molecule has 6 heteroatoms.